The number of amides is 3. The zero-order valence-electron chi connectivity index (χ0n) is 10.2. The molecule has 0 aliphatic carbocycles. The highest BCUT2D eigenvalue weighted by molar-refractivity contribution is 6.30. The third kappa shape index (κ3) is 6.05. The molecule has 0 unspecified atom stereocenters. The van der Waals surface area contributed by atoms with Crippen LogP contribution in [0.1, 0.15) is 19.3 Å². The Labute approximate surface area is 115 Å². The number of anilines is 1. The summed E-state index contributed by atoms with van der Waals surface area (Å²) in [7, 11) is 0. The van der Waals surface area contributed by atoms with Crippen LogP contribution < -0.4 is 16.4 Å². The van der Waals surface area contributed by atoms with E-state index >= 15 is 0 Å². The predicted octanol–water partition coefficient (Wildman–Crippen LogP) is 2.26. The Kier molecular flexibility index (Phi) is 6.08. The lowest BCUT2D eigenvalue weighted by Gasteiger charge is -2.06. The molecule has 0 saturated heterocycles. The molecule has 0 spiro atoms. The average molecular weight is 288 g/mol. The van der Waals surface area contributed by atoms with Crippen LogP contribution in [0, 0.1) is 5.82 Å². The Balaban J connectivity index is 2.29. The molecule has 1 rings (SSSR count). The molecule has 19 heavy (non-hydrogen) atoms. The molecule has 0 aliphatic heterocycles. The van der Waals surface area contributed by atoms with Gasteiger partial charge in [-0.2, -0.15) is 0 Å². The fraction of sp³-hybridized carbons (Fsp3) is 0.333. The topological polar surface area (TPSA) is 84.2 Å². The van der Waals surface area contributed by atoms with Crippen LogP contribution in [-0.4, -0.2) is 18.5 Å². The maximum atomic E-state index is 13.4. The van der Waals surface area contributed by atoms with Gasteiger partial charge in [0.2, 0.25) is 5.91 Å². The van der Waals surface area contributed by atoms with E-state index in [1.165, 1.54) is 12.1 Å². The summed E-state index contributed by atoms with van der Waals surface area (Å²) in [4.78, 5) is 21.9. The molecule has 1 aromatic rings. The van der Waals surface area contributed by atoms with Crippen molar-refractivity contribution >= 4 is 29.2 Å². The number of hydrogen-bond donors (Lipinski definition) is 3. The van der Waals surface area contributed by atoms with Crippen molar-refractivity contribution in [2.45, 2.75) is 19.3 Å². The normalized spacial score (nSPS) is 10.0. The first-order chi connectivity index (χ1) is 8.99. The molecule has 0 aliphatic rings. The van der Waals surface area contributed by atoms with E-state index in [9.17, 15) is 14.0 Å². The maximum Gasteiger partial charge on any atom is 0.312 e. The van der Waals surface area contributed by atoms with Gasteiger partial charge in [-0.15, -0.1) is 0 Å². The fourth-order valence-corrected chi connectivity index (χ4v) is 1.58. The number of halogens is 2. The fourth-order valence-electron chi connectivity index (χ4n) is 1.43. The number of urea groups is 1. The lowest BCUT2D eigenvalue weighted by Crippen LogP contribution is -2.30. The van der Waals surface area contributed by atoms with Crippen molar-refractivity contribution in [3.63, 3.8) is 0 Å². The molecular formula is C12H15ClFN3O2. The van der Waals surface area contributed by atoms with Crippen LogP contribution in [0.4, 0.5) is 14.9 Å². The molecule has 3 amide bonds. The van der Waals surface area contributed by atoms with Crippen LogP contribution in [0.3, 0.4) is 0 Å². The molecule has 1 aromatic carbocycles. The van der Waals surface area contributed by atoms with Gasteiger partial charge in [0, 0.05) is 18.0 Å². The van der Waals surface area contributed by atoms with E-state index < -0.39 is 11.8 Å². The minimum absolute atomic E-state index is 0.102. The van der Waals surface area contributed by atoms with Crippen LogP contribution in [0.5, 0.6) is 0 Å². The van der Waals surface area contributed by atoms with Crippen molar-refractivity contribution in [2.75, 3.05) is 11.9 Å². The number of primary amides is 1. The molecule has 0 atom stereocenters. The summed E-state index contributed by atoms with van der Waals surface area (Å²) in [5, 5.41) is 5.14. The van der Waals surface area contributed by atoms with E-state index in [2.05, 4.69) is 10.6 Å². The van der Waals surface area contributed by atoms with Gasteiger partial charge in [0.1, 0.15) is 5.82 Å². The summed E-state index contributed by atoms with van der Waals surface area (Å²) < 4.78 is 13.4. The molecular weight excluding hydrogens is 273 g/mol. The van der Waals surface area contributed by atoms with Gasteiger partial charge in [-0.1, -0.05) is 11.6 Å². The van der Waals surface area contributed by atoms with E-state index in [0.29, 0.717) is 19.4 Å². The van der Waals surface area contributed by atoms with E-state index in [0.717, 1.165) is 6.07 Å². The number of carbonyl (C=O) groups excluding carboxylic acids is 2. The lowest BCUT2D eigenvalue weighted by atomic mass is 10.2. The molecule has 0 radical (unpaired) electrons. The summed E-state index contributed by atoms with van der Waals surface area (Å²) >= 11 is 5.60. The van der Waals surface area contributed by atoms with Gasteiger partial charge in [-0.05, 0) is 31.0 Å². The highest BCUT2D eigenvalue weighted by Gasteiger charge is 2.07. The SMILES string of the molecule is NC(=O)NCCCCC(=O)Nc1ccc(Cl)cc1F. The van der Waals surface area contributed by atoms with Crippen LogP contribution in [0.15, 0.2) is 18.2 Å². The molecule has 4 N–H and O–H groups in total. The van der Waals surface area contributed by atoms with Crippen molar-refractivity contribution < 1.29 is 14.0 Å². The Morgan fingerprint density at radius 2 is 2.05 bits per heavy atom. The summed E-state index contributed by atoms with van der Waals surface area (Å²) in [6.07, 6.45) is 1.43. The van der Waals surface area contributed by atoms with Crippen LogP contribution in [-0.2, 0) is 4.79 Å². The number of unbranched alkanes of at least 4 members (excludes halogenated alkanes) is 1. The van der Waals surface area contributed by atoms with Crippen molar-refractivity contribution in [1.82, 2.24) is 5.32 Å². The van der Waals surface area contributed by atoms with Gasteiger partial charge in [-0.3, -0.25) is 4.79 Å². The van der Waals surface area contributed by atoms with Gasteiger partial charge in [0.25, 0.3) is 0 Å². The zero-order valence-corrected chi connectivity index (χ0v) is 11.0. The number of nitrogens with one attached hydrogen (secondary N) is 2. The quantitative estimate of drug-likeness (QED) is 0.701. The molecule has 0 heterocycles. The van der Waals surface area contributed by atoms with Crippen molar-refractivity contribution in [3.05, 3.63) is 29.0 Å². The molecule has 0 fully saturated rings. The number of benzene rings is 1. The van der Waals surface area contributed by atoms with Crippen molar-refractivity contribution in [3.8, 4) is 0 Å². The van der Waals surface area contributed by atoms with Gasteiger partial charge in [-0.25, -0.2) is 9.18 Å². The van der Waals surface area contributed by atoms with Gasteiger partial charge in [0.15, 0.2) is 0 Å². The second-order valence-electron chi connectivity index (χ2n) is 3.92. The molecule has 0 bridgehead atoms. The van der Waals surface area contributed by atoms with E-state index in [-0.39, 0.29) is 23.0 Å². The van der Waals surface area contributed by atoms with Gasteiger partial charge in [0.05, 0.1) is 5.69 Å². The first-order valence-corrected chi connectivity index (χ1v) is 6.15. The van der Waals surface area contributed by atoms with E-state index in [1.54, 1.807) is 0 Å². The molecule has 0 aromatic heterocycles. The van der Waals surface area contributed by atoms with Crippen molar-refractivity contribution in [1.29, 1.82) is 0 Å². The Hall–Kier alpha value is -1.82. The zero-order chi connectivity index (χ0) is 14.3. The van der Waals surface area contributed by atoms with Crippen LogP contribution in [0.2, 0.25) is 5.02 Å². The summed E-state index contributed by atoms with van der Waals surface area (Å²) in [6, 6.07) is 3.45. The van der Waals surface area contributed by atoms with Gasteiger partial charge >= 0.3 is 6.03 Å². The second-order valence-corrected chi connectivity index (χ2v) is 4.36. The van der Waals surface area contributed by atoms with E-state index in [1.807, 2.05) is 0 Å². The number of rotatable bonds is 6. The minimum atomic E-state index is -0.590. The Bertz CT molecular complexity index is 468. The lowest BCUT2D eigenvalue weighted by molar-refractivity contribution is -0.116. The summed E-state index contributed by atoms with van der Waals surface area (Å²) in [6.45, 7) is 0.415. The monoisotopic (exact) mass is 287 g/mol. The number of nitrogens with two attached hydrogens (primary N) is 1. The van der Waals surface area contributed by atoms with Gasteiger partial charge < -0.3 is 16.4 Å². The first-order valence-electron chi connectivity index (χ1n) is 5.77. The Morgan fingerprint density at radius 1 is 1.32 bits per heavy atom. The standard InChI is InChI=1S/C12H15ClFN3O2/c13-8-4-5-10(9(14)7-8)17-11(18)3-1-2-6-16-12(15)19/h4-5,7H,1-3,6H2,(H,17,18)(H3,15,16,19). The van der Waals surface area contributed by atoms with Crippen LogP contribution in [0.25, 0.3) is 0 Å². The molecule has 5 nitrogen and oxygen atoms in total. The molecule has 0 saturated carbocycles. The maximum absolute atomic E-state index is 13.4. The molecule has 7 heteroatoms. The van der Waals surface area contributed by atoms with E-state index in [4.69, 9.17) is 17.3 Å². The summed E-state index contributed by atoms with van der Waals surface area (Å²) in [5.74, 6) is -0.864. The van der Waals surface area contributed by atoms with Crippen LogP contribution >= 0.6 is 11.6 Å². The first kappa shape index (κ1) is 15.2. The largest absolute Gasteiger partial charge is 0.352 e. The Morgan fingerprint density at radius 3 is 2.68 bits per heavy atom. The number of carbonyl (C=O) groups is 2. The smallest absolute Gasteiger partial charge is 0.312 e. The predicted molar refractivity (Wildman–Crippen MR) is 71.5 cm³/mol. The third-order valence-electron chi connectivity index (χ3n) is 2.34. The second kappa shape index (κ2) is 7.58. The third-order valence-corrected chi connectivity index (χ3v) is 2.57. The van der Waals surface area contributed by atoms with Crippen molar-refractivity contribution in [2.24, 2.45) is 5.73 Å². The average Bonchev–Trinajstić information content (AvgIpc) is 2.32. The highest BCUT2D eigenvalue weighted by atomic mass is 35.5. The summed E-state index contributed by atoms with van der Waals surface area (Å²) in [5.41, 5.74) is 4.99. The molecule has 104 valence electrons. The highest BCUT2D eigenvalue weighted by Crippen LogP contribution is 2.19. The minimum Gasteiger partial charge on any atom is -0.352 e. The number of hydrogen-bond acceptors (Lipinski definition) is 2.